The van der Waals surface area contributed by atoms with E-state index in [0.717, 1.165) is 39.0 Å². The first kappa shape index (κ1) is 14.3. The second kappa shape index (κ2) is 6.37. The Hall–Kier alpha value is -1.10. The van der Waals surface area contributed by atoms with Crippen LogP contribution >= 0.6 is 0 Å². The summed E-state index contributed by atoms with van der Waals surface area (Å²) in [6.07, 6.45) is 3.28. The Balaban J connectivity index is 2.00. The number of rotatable bonds is 3. The normalized spacial score (nSPS) is 24.5. The lowest BCUT2D eigenvalue weighted by Gasteiger charge is -2.37. The van der Waals surface area contributed by atoms with Crippen LogP contribution in [0.2, 0.25) is 0 Å². The maximum Gasteiger partial charge on any atom is 0.222 e. The third-order valence-electron chi connectivity index (χ3n) is 4.16. The zero-order valence-corrected chi connectivity index (χ0v) is 11.9. The molecule has 2 amide bonds. The molecule has 19 heavy (non-hydrogen) atoms. The molecule has 2 fully saturated rings. The second-order valence-electron chi connectivity index (χ2n) is 5.41. The van der Waals surface area contributed by atoms with Crippen molar-refractivity contribution in [2.45, 2.75) is 51.6 Å². The summed E-state index contributed by atoms with van der Waals surface area (Å²) in [4.78, 5) is 27.6. The van der Waals surface area contributed by atoms with E-state index >= 15 is 0 Å². The van der Waals surface area contributed by atoms with Crippen molar-refractivity contribution in [1.82, 2.24) is 9.80 Å². The summed E-state index contributed by atoms with van der Waals surface area (Å²) in [6.45, 7) is 6.47. The van der Waals surface area contributed by atoms with E-state index < -0.39 is 0 Å². The van der Waals surface area contributed by atoms with Crippen molar-refractivity contribution in [3.8, 4) is 0 Å². The van der Waals surface area contributed by atoms with Gasteiger partial charge in [0.25, 0.3) is 0 Å². The highest BCUT2D eigenvalue weighted by Crippen LogP contribution is 2.23. The van der Waals surface area contributed by atoms with Gasteiger partial charge in [0.2, 0.25) is 11.8 Å². The van der Waals surface area contributed by atoms with E-state index in [1.165, 1.54) is 0 Å². The highest BCUT2D eigenvalue weighted by atomic mass is 16.5. The number of carbonyl (C=O) groups is 2. The lowest BCUT2D eigenvalue weighted by molar-refractivity contribution is -0.137. The zero-order valence-electron chi connectivity index (χ0n) is 11.9. The van der Waals surface area contributed by atoms with Gasteiger partial charge in [-0.2, -0.15) is 0 Å². The third-order valence-corrected chi connectivity index (χ3v) is 4.16. The molecule has 1 atom stereocenters. The molecule has 0 aromatic carbocycles. The molecule has 0 bridgehead atoms. The first-order chi connectivity index (χ1) is 9.13. The molecule has 1 unspecified atom stereocenters. The number of carbonyl (C=O) groups excluding carboxylic acids is 2. The SMILES string of the molecule is CCC(=O)N1CCC(N(C(C)=O)C2CCOCC2)C1. The molecule has 2 heterocycles. The summed E-state index contributed by atoms with van der Waals surface area (Å²) in [5.74, 6) is 0.320. The summed E-state index contributed by atoms with van der Waals surface area (Å²) < 4.78 is 5.37. The monoisotopic (exact) mass is 268 g/mol. The highest BCUT2D eigenvalue weighted by molar-refractivity contribution is 5.77. The van der Waals surface area contributed by atoms with Crippen molar-refractivity contribution >= 4 is 11.8 Å². The van der Waals surface area contributed by atoms with Crippen LogP contribution in [-0.2, 0) is 14.3 Å². The van der Waals surface area contributed by atoms with Crippen molar-refractivity contribution in [3.05, 3.63) is 0 Å². The molecule has 0 aromatic heterocycles. The van der Waals surface area contributed by atoms with Gasteiger partial charge in [-0.25, -0.2) is 0 Å². The van der Waals surface area contributed by atoms with Crippen LogP contribution in [-0.4, -0.2) is 60.0 Å². The minimum absolute atomic E-state index is 0.127. The number of hydrogen-bond acceptors (Lipinski definition) is 3. The van der Waals surface area contributed by atoms with E-state index in [1.807, 2.05) is 16.7 Å². The van der Waals surface area contributed by atoms with Gasteiger partial charge in [-0.1, -0.05) is 6.92 Å². The smallest absolute Gasteiger partial charge is 0.222 e. The number of nitrogens with zero attached hydrogens (tertiary/aromatic N) is 2. The van der Waals surface area contributed by atoms with Crippen molar-refractivity contribution in [3.63, 3.8) is 0 Å². The van der Waals surface area contributed by atoms with Gasteiger partial charge in [-0.15, -0.1) is 0 Å². The van der Waals surface area contributed by atoms with Crippen LogP contribution in [0, 0.1) is 0 Å². The van der Waals surface area contributed by atoms with Crippen LogP contribution in [0.5, 0.6) is 0 Å². The van der Waals surface area contributed by atoms with Crippen LogP contribution in [0.1, 0.15) is 39.5 Å². The molecule has 108 valence electrons. The van der Waals surface area contributed by atoms with Gasteiger partial charge in [0, 0.05) is 45.7 Å². The average molecular weight is 268 g/mol. The number of amides is 2. The molecule has 2 aliphatic rings. The van der Waals surface area contributed by atoms with E-state index in [9.17, 15) is 9.59 Å². The molecule has 5 nitrogen and oxygen atoms in total. The van der Waals surface area contributed by atoms with Crippen LogP contribution in [0.4, 0.5) is 0 Å². The van der Waals surface area contributed by atoms with E-state index in [2.05, 4.69) is 0 Å². The fourth-order valence-electron chi connectivity index (χ4n) is 3.19. The van der Waals surface area contributed by atoms with Crippen molar-refractivity contribution < 1.29 is 14.3 Å². The van der Waals surface area contributed by atoms with E-state index in [1.54, 1.807) is 6.92 Å². The summed E-state index contributed by atoms with van der Waals surface area (Å²) >= 11 is 0. The average Bonchev–Trinajstić information content (AvgIpc) is 2.88. The van der Waals surface area contributed by atoms with Gasteiger partial charge in [-0.05, 0) is 19.3 Å². The Morgan fingerprint density at radius 2 is 1.89 bits per heavy atom. The summed E-state index contributed by atoms with van der Waals surface area (Å²) in [5, 5.41) is 0. The maximum atomic E-state index is 12.0. The number of hydrogen-bond donors (Lipinski definition) is 0. The lowest BCUT2D eigenvalue weighted by Crippen LogP contribution is -2.49. The summed E-state index contributed by atoms with van der Waals surface area (Å²) in [7, 11) is 0. The molecule has 0 aromatic rings. The third kappa shape index (κ3) is 3.26. The molecule has 0 N–H and O–H groups in total. The van der Waals surface area contributed by atoms with Crippen LogP contribution in [0.25, 0.3) is 0 Å². The van der Waals surface area contributed by atoms with E-state index in [4.69, 9.17) is 4.74 Å². The molecular weight excluding hydrogens is 244 g/mol. The predicted octanol–water partition coefficient (Wildman–Crippen LogP) is 1.02. The largest absolute Gasteiger partial charge is 0.381 e. The van der Waals surface area contributed by atoms with E-state index in [0.29, 0.717) is 13.0 Å². The van der Waals surface area contributed by atoms with Gasteiger partial charge in [0.05, 0.1) is 6.04 Å². The molecule has 0 radical (unpaired) electrons. The fraction of sp³-hybridized carbons (Fsp3) is 0.857. The first-order valence-corrected chi connectivity index (χ1v) is 7.28. The van der Waals surface area contributed by atoms with Gasteiger partial charge in [0.15, 0.2) is 0 Å². The Kier molecular flexibility index (Phi) is 4.80. The van der Waals surface area contributed by atoms with Crippen molar-refractivity contribution in [1.29, 1.82) is 0 Å². The predicted molar refractivity (Wildman–Crippen MR) is 71.6 cm³/mol. The fourth-order valence-corrected chi connectivity index (χ4v) is 3.19. The number of ether oxygens (including phenoxy) is 1. The van der Waals surface area contributed by atoms with Gasteiger partial charge in [0.1, 0.15) is 0 Å². The van der Waals surface area contributed by atoms with Gasteiger partial charge in [-0.3, -0.25) is 9.59 Å². The Morgan fingerprint density at radius 3 is 2.47 bits per heavy atom. The minimum Gasteiger partial charge on any atom is -0.381 e. The summed E-state index contributed by atoms with van der Waals surface area (Å²) in [6, 6.07) is 0.476. The van der Waals surface area contributed by atoms with Crippen LogP contribution in [0.3, 0.4) is 0 Å². The molecule has 2 rings (SSSR count). The van der Waals surface area contributed by atoms with Crippen molar-refractivity contribution in [2.75, 3.05) is 26.3 Å². The van der Waals surface area contributed by atoms with Crippen molar-refractivity contribution in [2.24, 2.45) is 0 Å². The zero-order chi connectivity index (χ0) is 13.8. The number of likely N-dealkylation sites (tertiary alicyclic amines) is 1. The van der Waals surface area contributed by atoms with E-state index in [-0.39, 0.29) is 23.9 Å². The standard InChI is InChI=1S/C14H24N2O3/c1-3-14(18)15-7-4-13(10-15)16(11(2)17)12-5-8-19-9-6-12/h12-13H,3-10H2,1-2H3. The molecular formula is C14H24N2O3. The van der Waals surface area contributed by atoms with Crippen LogP contribution < -0.4 is 0 Å². The van der Waals surface area contributed by atoms with Gasteiger partial charge >= 0.3 is 0 Å². The van der Waals surface area contributed by atoms with Gasteiger partial charge < -0.3 is 14.5 Å². The topological polar surface area (TPSA) is 49.9 Å². The molecule has 2 aliphatic heterocycles. The second-order valence-corrected chi connectivity index (χ2v) is 5.41. The Bertz CT molecular complexity index is 340. The Morgan fingerprint density at radius 1 is 1.21 bits per heavy atom. The Labute approximate surface area is 114 Å². The first-order valence-electron chi connectivity index (χ1n) is 7.28. The molecule has 5 heteroatoms. The minimum atomic E-state index is 0.127. The maximum absolute atomic E-state index is 12.0. The highest BCUT2D eigenvalue weighted by Gasteiger charge is 2.35. The summed E-state index contributed by atoms with van der Waals surface area (Å²) in [5.41, 5.74) is 0. The molecule has 0 aliphatic carbocycles. The molecule has 0 saturated carbocycles. The van der Waals surface area contributed by atoms with Crippen LogP contribution in [0.15, 0.2) is 0 Å². The lowest BCUT2D eigenvalue weighted by atomic mass is 10.0. The molecule has 0 spiro atoms. The molecule has 2 saturated heterocycles. The quantitative estimate of drug-likeness (QED) is 0.768.